The Bertz CT molecular complexity index is 916. The highest BCUT2D eigenvalue weighted by Crippen LogP contribution is 2.34. The molecule has 0 atom stereocenters. The van der Waals surface area contributed by atoms with Crippen molar-refractivity contribution in [2.45, 2.75) is 44.6 Å². The van der Waals surface area contributed by atoms with Gasteiger partial charge in [0.25, 0.3) is 5.56 Å². The highest BCUT2D eigenvalue weighted by Gasteiger charge is 2.36. The third-order valence-corrected chi connectivity index (χ3v) is 4.58. The molecule has 0 spiro atoms. The highest BCUT2D eigenvalue weighted by atomic mass is 16.5. The van der Waals surface area contributed by atoms with Crippen LogP contribution in [-0.4, -0.2) is 24.7 Å². The molecule has 0 aliphatic heterocycles. The van der Waals surface area contributed by atoms with E-state index in [1.54, 1.807) is 12.3 Å². The highest BCUT2D eigenvalue weighted by molar-refractivity contribution is 5.39. The lowest BCUT2D eigenvalue weighted by atomic mass is 9.99. The lowest BCUT2D eigenvalue weighted by molar-refractivity contribution is 0.352. The van der Waals surface area contributed by atoms with E-state index < -0.39 is 5.54 Å². The Morgan fingerprint density at radius 2 is 2.17 bits per heavy atom. The molecule has 1 fully saturated rings. The first-order valence-corrected chi connectivity index (χ1v) is 7.74. The van der Waals surface area contributed by atoms with Gasteiger partial charge in [0.1, 0.15) is 0 Å². The number of H-pyrrole nitrogens is 1. The van der Waals surface area contributed by atoms with Gasteiger partial charge >= 0.3 is 0 Å². The molecule has 1 aliphatic carbocycles. The van der Waals surface area contributed by atoms with Crippen LogP contribution in [0.15, 0.2) is 21.6 Å². The van der Waals surface area contributed by atoms with Gasteiger partial charge in [-0.2, -0.15) is 4.98 Å². The number of nitrogens with two attached hydrogens (primary N) is 1. The summed E-state index contributed by atoms with van der Waals surface area (Å²) in [7, 11) is 0. The smallest absolute Gasteiger partial charge is 0.276 e. The van der Waals surface area contributed by atoms with E-state index in [0.29, 0.717) is 28.6 Å². The maximum Gasteiger partial charge on any atom is 0.276 e. The molecule has 3 aromatic heterocycles. The maximum atomic E-state index is 12.5. The van der Waals surface area contributed by atoms with Crippen LogP contribution in [0, 0.1) is 6.92 Å². The van der Waals surface area contributed by atoms with E-state index in [2.05, 4.69) is 20.2 Å². The number of aromatic nitrogens is 5. The van der Waals surface area contributed by atoms with Crippen molar-refractivity contribution in [3.63, 3.8) is 0 Å². The molecule has 8 heteroatoms. The molecule has 0 amide bonds. The largest absolute Gasteiger partial charge is 0.339 e. The molecule has 0 bridgehead atoms. The first-order chi connectivity index (χ1) is 11.1. The minimum Gasteiger partial charge on any atom is -0.339 e. The average Bonchev–Trinajstić information content (AvgIpc) is 3.23. The van der Waals surface area contributed by atoms with E-state index in [1.807, 2.05) is 6.92 Å². The van der Waals surface area contributed by atoms with Crippen LogP contribution in [0.5, 0.6) is 0 Å². The normalized spacial score (nSPS) is 17.1. The van der Waals surface area contributed by atoms with E-state index in [9.17, 15) is 4.79 Å². The first kappa shape index (κ1) is 14.1. The van der Waals surface area contributed by atoms with E-state index in [0.717, 1.165) is 25.7 Å². The Kier molecular flexibility index (Phi) is 3.08. The van der Waals surface area contributed by atoms with Crippen molar-refractivity contribution in [2.75, 3.05) is 0 Å². The van der Waals surface area contributed by atoms with Crippen molar-refractivity contribution < 1.29 is 4.52 Å². The lowest BCUT2D eigenvalue weighted by Crippen LogP contribution is -2.34. The first-order valence-electron chi connectivity index (χ1n) is 7.74. The Labute approximate surface area is 131 Å². The fraction of sp³-hybridized carbons (Fsp3) is 0.467. The number of rotatable bonds is 3. The molecule has 1 saturated carbocycles. The van der Waals surface area contributed by atoms with Crippen molar-refractivity contribution in [1.29, 1.82) is 0 Å². The molecular weight excluding hydrogens is 296 g/mol. The molecule has 0 saturated heterocycles. The summed E-state index contributed by atoms with van der Waals surface area (Å²) < 4.78 is 6.73. The summed E-state index contributed by atoms with van der Waals surface area (Å²) in [6, 6.07) is 1.75. The number of nitrogens with zero attached hydrogens (tertiary/aromatic N) is 4. The number of nitrogens with one attached hydrogen (secondary N) is 1. The number of fused-ring (bicyclic) bond motifs is 1. The minimum atomic E-state index is -0.493. The van der Waals surface area contributed by atoms with Crippen LogP contribution in [0.1, 0.15) is 48.7 Å². The van der Waals surface area contributed by atoms with Crippen LogP contribution in [0.4, 0.5) is 0 Å². The molecule has 8 nitrogen and oxygen atoms in total. The topological polar surface area (TPSA) is 115 Å². The second-order valence-electron chi connectivity index (χ2n) is 6.19. The van der Waals surface area contributed by atoms with Gasteiger partial charge in [-0.1, -0.05) is 18.0 Å². The second kappa shape index (κ2) is 5.02. The lowest BCUT2D eigenvalue weighted by Gasteiger charge is -2.17. The molecule has 23 heavy (non-hydrogen) atoms. The van der Waals surface area contributed by atoms with Gasteiger partial charge in [-0.3, -0.25) is 9.89 Å². The van der Waals surface area contributed by atoms with E-state index in [4.69, 9.17) is 10.3 Å². The van der Waals surface area contributed by atoms with Gasteiger partial charge in [-0.05, 0) is 19.8 Å². The molecule has 0 radical (unpaired) electrons. The summed E-state index contributed by atoms with van der Waals surface area (Å²) in [6.45, 7) is 1.81. The van der Waals surface area contributed by atoms with Crippen LogP contribution in [0.3, 0.4) is 0 Å². The zero-order valence-electron chi connectivity index (χ0n) is 12.9. The molecular formula is C15H18N6O2. The van der Waals surface area contributed by atoms with Crippen molar-refractivity contribution in [1.82, 2.24) is 24.7 Å². The number of aromatic amines is 1. The van der Waals surface area contributed by atoms with Gasteiger partial charge in [0.15, 0.2) is 11.5 Å². The zero-order chi connectivity index (χ0) is 16.0. The van der Waals surface area contributed by atoms with Gasteiger partial charge in [0.05, 0.1) is 12.0 Å². The summed E-state index contributed by atoms with van der Waals surface area (Å²) >= 11 is 0. The average molecular weight is 314 g/mol. The number of hydrogen-bond donors (Lipinski definition) is 2. The van der Waals surface area contributed by atoms with Crippen LogP contribution >= 0.6 is 0 Å². The van der Waals surface area contributed by atoms with Crippen LogP contribution < -0.4 is 11.3 Å². The molecule has 0 unspecified atom stereocenters. The fourth-order valence-corrected chi connectivity index (χ4v) is 3.22. The summed E-state index contributed by atoms with van der Waals surface area (Å²) in [6.07, 6.45) is 5.81. The Morgan fingerprint density at radius 3 is 2.96 bits per heavy atom. The predicted octanol–water partition coefficient (Wildman–Crippen LogP) is 1.03. The molecule has 3 heterocycles. The summed E-state index contributed by atoms with van der Waals surface area (Å²) in [5.74, 6) is 0.932. The molecule has 4 rings (SSSR count). The van der Waals surface area contributed by atoms with Crippen molar-refractivity contribution >= 4 is 5.65 Å². The van der Waals surface area contributed by atoms with Gasteiger partial charge in [-0.15, -0.1) is 0 Å². The quantitative estimate of drug-likeness (QED) is 0.746. The van der Waals surface area contributed by atoms with Crippen LogP contribution in [0.25, 0.3) is 5.65 Å². The van der Waals surface area contributed by atoms with Gasteiger partial charge < -0.3 is 10.3 Å². The summed E-state index contributed by atoms with van der Waals surface area (Å²) in [4.78, 5) is 21.3. The van der Waals surface area contributed by atoms with E-state index in [-0.39, 0.29) is 12.0 Å². The Balaban J connectivity index is 1.69. The number of aryl methyl sites for hydroxylation is 1. The predicted molar refractivity (Wildman–Crippen MR) is 82.0 cm³/mol. The Hall–Kier alpha value is -2.48. The standard InChI is InChI=1S/C15H18N6O2/c1-9-10(13(22)21-11(18-9)4-7-17-21)8-12-19-14(20-23-12)15(16)5-2-3-6-15/h4,7,17H,2-3,5-6,8,16H2,1H3. The minimum absolute atomic E-state index is 0.152. The maximum absolute atomic E-state index is 12.5. The molecule has 120 valence electrons. The monoisotopic (exact) mass is 314 g/mol. The van der Waals surface area contributed by atoms with Gasteiger partial charge in [0, 0.05) is 23.5 Å². The summed E-state index contributed by atoms with van der Waals surface area (Å²) in [5, 5.41) is 6.88. The molecule has 1 aliphatic rings. The van der Waals surface area contributed by atoms with Gasteiger partial charge in [-0.25, -0.2) is 9.50 Å². The molecule has 3 aromatic rings. The van der Waals surface area contributed by atoms with Gasteiger partial charge in [0.2, 0.25) is 5.89 Å². The molecule has 3 N–H and O–H groups in total. The van der Waals surface area contributed by atoms with E-state index >= 15 is 0 Å². The molecule has 0 aromatic carbocycles. The van der Waals surface area contributed by atoms with Crippen molar-refractivity contribution in [3.05, 3.63) is 45.6 Å². The third-order valence-electron chi connectivity index (χ3n) is 4.58. The van der Waals surface area contributed by atoms with Crippen molar-refractivity contribution in [2.24, 2.45) is 5.73 Å². The third kappa shape index (κ3) is 2.26. The number of hydrogen-bond acceptors (Lipinski definition) is 6. The SMILES string of the molecule is Cc1nc2cc[nH]n2c(=O)c1Cc1nc(C2(N)CCCC2)no1. The Morgan fingerprint density at radius 1 is 1.39 bits per heavy atom. The van der Waals surface area contributed by atoms with Crippen LogP contribution in [-0.2, 0) is 12.0 Å². The zero-order valence-corrected chi connectivity index (χ0v) is 12.9. The fourth-order valence-electron chi connectivity index (χ4n) is 3.22. The van der Waals surface area contributed by atoms with Crippen LogP contribution in [0.2, 0.25) is 0 Å². The van der Waals surface area contributed by atoms with Crippen molar-refractivity contribution in [3.8, 4) is 0 Å². The van der Waals surface area contributed by atoms with E-state index in [1.165, 1.54) is 4.52 Å². The second-order valence-corrected chi connectivity index (χ2v) is 6.19. The summed E-state index contributed by atoms with van der Waals surface area (Å²) in [5.41, 5.74) is 7.49.